The molecule has 112 valence electrons. The van der Waals surface area contributed by atoms with Crippen LogP contribution in [0.25, 0.3) is 0 Å². The van der Waals surface area contributed by atoms with E-state index in [1.165, 1.54) is 6.42 Å². The Morgan fingerprint density at radius 2 is 2.25 bits per heavy atom. The van der Waals surface area contributed by atoms with Gasteiger partial charge in [0.15, 0.2) is 5.82 Å². The number of ether oxygens (including phenoxy) is 1. The Labute approximate surface area is 121 Å². The van der Waals surface area contributed by atoms with Gasteiger partial charge in [0.05, 0.1) is 11.8 Å². The minimum atomic E-state index is 0.342. The number of hydrogen-bond acceptors (Lipinski definition) is 5. The lowest BCUT2D eigenvalue weighted by atomic mass is 10.2. The highest BCUT2D eigenvalue weighted by Gasteiger charge is 2.18. The van der Waals surface area contributed by atoms with Crippen molar-refractivity contribution in [1.82, 2.24) is 15.5 Å². The molecule has 2 rings (SSSR count). The molecule has 0 radical (unpaired) electrons. The molecule has 1 unspecified atom stereocenters. The van der Waals surface area contributed by atoms with Crippen LogP contribution in [0, 0.1) is 5.92 Å². The molecule has 1 aromatic heterocycles. The van der Waals surface area contributed by atoms with Gasteiger partial charge in [-0.15, -0.1) is 5.10 Å². The standard InChI is InChI=1S/C15H26N4O/c1-12(2)9-16-10-13-6-7-15(18-17-13)19(3)11-14-5-4-8-20-14/h6-7,12,14,16H,4-5,8-11H2,1-3H3. The van der Waals surface area contributed by atoms with Gasteiger partial charge in [0.1, 0.15) is 0 Å². The van der Waals surface area contributed by atoms with Crippen molar-refractivity contribution in [3.63, 3.8) is 0 Å². The lowest BCUT2D eigenvalue weighted by Crippen LogP contribution is -2.29. The molecule has 20 heavy (non-hydrogen) atoms. The lowest BCUT2D eigenvalue weighted by molar-refractivity contribution is 0.116. The normalized spacial score (nSPS) is 18.7. The number of nitrogens with one attached hydrogen (secondary N) is 1. The zero-order valence-corrected chi connectivity index (χ0v) is 12.8. The van der Waals surface area contributed by atoms with Crippen LogP contribution in [0.3, 0.4) is 0 Å². The second-order valence-corrected chi connectivity index (χ2v) is 5.92. The highest BCUT2D eigenvalue weighted by atomic mass is 16.5. The molecule has 0 aromatic carbocycles. The number of anilines is 1. The first-order valence-corrected chi connectivity index (χ1v) is 7.51. The molecule has 1 atom stereocenters. The summed E-state index contributed by atoms with van der Waals surface area (Å²) in [5, 5.41) is 11.9. The van der Waals surface area contributed by atoms with E-state index in [-0.39, 0.29) is 0 Å². The summed E-state index contributed by atoms with van der Waals surface area (Å²) in [6, 6.07) is 4.08. The molecular weight excluding hydrogens is 252 g/mol. The van der Waals surface area contributed by atoms with Crippen molar-refractivity contribution in [2.45, 2.75) is 39.3 Å². The van der Waals surface area contributed by atoms with Crippen molar-refractivity contribution in [3.8, 4) is 0 Å². The Morgan fingerprint density at radius 3 is 2.85 bits per heavy atom. The maximum atomic E-state index is 5.64. The molecule has 0 saturated carbocycles. The van der Waals surface area contributed by atoms with Crippen LogP contribution >= 0.6 is 0 Å². The van der Waals surface area contributed by atoms with E-state index in [1.54, 1.807) is 0 Å². The topological polar surface area (TPSA) is 50.3 Å². The van der Waals surface area contributed by atoms with Gasteiger partial charge in [-0.2, -0.15) is 5.10 Å². The first kappa shape index (κ1) is 15.2. The van der Waals surface area contributed by atoms with Crippen molar-refractivity contribution < 1.29 is 4.74 Å². The summed E-state index contributed by atoms with van der Waals surface area (Å²) >= 11 is 0. The summed E-state index contributed by atoms with van der Waals surface area (Å²) in [5.41, 5.74) is 0.986. The third-order valence-electron chi connectivity index (χ3n) is 3.46. The van der Waals surface area contributed by atoms with Gasteiger partial charge >= 0.3 is 0 Å². The van der Waals surface area contributed by atoms with Crippen LogP contribution in [0.1, 0.15) is 32.4 Å². The van der Waals surface area contributed by atoms with Gasteiger partial charge in [0, 0.05) is 26.7 Å². The van der Waals surface area contributed by atoms with E-state index in [2.05, 4.69) is 34.3 Å². The van der Waals surface area contributed by atoms with Crippen molar-refractivity contribution in [2.24, 2.45) is 5.92 Å². The highest BCUT2D eigenvalue weighted by Crippen LogP contribution is 2.15. The molecule has 1 aromatic rings. The van der Waals surface area contributed by atoms with E-state index in [0.717, 1.165) is 44.2 Å². The highest BCUT2D eigenvalue weighted by molar-refractivity contribution is 5.36. The van der Waals surface area contributed by atoms with Crippen LogP contribution in [0.2, 0.25) is 0 Å². The molecule has 0 bridgehead atoms. The van der Waals surface area contributed by atoms with Gasteiger partial charge in [-0.1, -0.05) is 13.8 Å². The fourth-order valence-corrected chi connectivity index (χ4v) is 2.33. The molecule has 1 N–H and O–H groups in total. The zero-order valence-electron chi connectivity index (χ0n) is 12.8. The molecule has 1 aliphatic rings. The SMILES string of the molecule is CC(C)CNCc1ccc(N(C)CC2CCCO2)nn1. The third kappa shape index (κ3) is 4.72. The third-order valence-corrected chi connectivity index (χ3v) is 3.46. The second kappa shape index (κ2) is 7.55. The predicted octanol–water partition coefficient (Wildman–Crippen LogP) is 1.84. The van der Waals surface area contributed by atoms with Crippen molar-refractivity contribution in [2.75, 3.05) is 31.6 Å². The van der Waals surface area contributed by atoms with E-state index >= 15 is 0 Å². The molecular formula is C15H26N4O. The molecule has 1 fully saturated rings. The van der Waals surface area contributed by atoms with Gasteiger partial charge < -0.3 is 15.0 Å². The monoisotopic (exact) mass is 278 g/mol. The van der Waals surface area contributed by atoms with E-state index in [1.807, 2.05) is 19.2 Å². The quantitative estimate of drug-likeness (QED) is 0.824. The van der Waals surface area contributed by atoms with E-state index in [0.29, 0.717) is 12.0 Å². The summed E-state index contributed by atoms with van der Waals surface area (Å²) in [5.74, 6) is 1.56. The van der Waals surface area contributed by atoms with Gasteiger partial charge in [-0.3, -0.25) is 0 Å². The molecule has 0 amide bonds. The summed E-state index contributed by atoms with van der Waals surface area (Å²) < 4.78 is 5.64. The first-order chi connectivity index (χ1) is 9.65. The average molecular weight is 278 g/mol. The van der Waals surface area contributed by atoms with Crippen LogP contribution in [0.15, 0.2) is 12.1 Å². The van der Waals surface area contributed by atoms with Crippen LogP contribution in [0.5, 0.6) is 0 Å². The Hall–Kier alpha value is -1.20. The van der Waals surface area contributed by atoms with Gasteiger partial charge in [-0.25, -0.2) is 0 Å². The van der Waals surface area contributed by atoms with Gasteiger partial charge in [-0.05, 0) is 37.4 Å². The van der Waals surface area contributed by atoms with Crippen LogP contribution in [-0.4, -0.2) is 43.0 Å². The maximum absolute atomic E-state index is 5.64. The Balaban J connectivity index is 1.80. The number of aromatic nitrogens is 2. The summed E-state index contributed by atoms with van der Waals surface area (Å²) in [6.07, 6.45) is 2.66. The average Bonchev–Trinajstić information content (AvgIpc) is 2.92. The van der Waals surface area contributed by atoms with Crippen LogP contribution in [-0.2, 0) is 11.3 Å². The van der Waals surface area contributed by atoms with Crippen molar-refractivity contribution >= 4 is 5.82 Å². The minimum Gasteiger partial charge on any atom is -0.376 e. The maximum Gasteiger partial charge on any atom is 0.151 e. The second-order valence-electron chi connectivity index (χ2n) is 5.92. The Bertz CT molecular complexity index is 387. The lowest BCUT2D eigenvalue weighted by Gasteiger charge is -2.21. The summed E-state index contributed by atoms with van der Waals surface area (Å²) in [4.78, 5) is 2.12. The smallest absolute Gasteiger partial charge is 0.151 e. The number of likely N-dealkylation sites (N-methyl/N-ethyl adjacent to an activating group) is 1. The molecule has 5 nitrogen and oxygen atoms in total. The molecule has 2 heterocycles. The largest absolute Gasteiger partial charge is 0.376 e. The Kier molecular flexibility index (Phi) is 5.73. The van der Waals surface area contributed by atoms with E-state index in [9.17, 15) is 0 Å². The van der Waals surface area contributed by atoms with Gasteiger partial charge in [0.2, 0.25) is 0 Å². The Morgan fingerprint density at radius 1 is 1.40 bits per heavy atom. The van der Waals surface area contributed by atoms with E-state index < -0.39 is 0 Å². The number of nitrogens with zero attached hydrogens (tertiary/aromatic N) is 3. The van der Waals surface area contributed by atoms with Crippen molar-refractivity contribution in [3.05, 3.63) is 17.8 Å². The number of hydrogen-bond donors (Lipinski definition) is 1. The summed E-state index contributed by atoms with van der Waals surface area (Å²) in [7, 11) is 2.04. The molecule has 1 saturated heterocycles. The molecule has 5 heteroatoms. The van der Waals surface area contributed by atoms with Crippen molar-refractivity contribution in [1.29, 1.82) is 0 Å². The summed E-state index contributed by atoms with van der Waals surface area (Å²) in [6.45, 7) is 7.96. The van der Waals surface area contributed by atoms with E-state index in [4.69, 9.17) is 4.74 Å². The predicted molar refractivity (Wildman–Crippen MR) is 80.8 cm³/mol. The minimum absolute atomic E-state index is 0.342. The fourth-order valence-electron chi connectivity index (χ4n) is 2.33. The van der Waals surface area contributed by atoms with Crippen LogP contribution in [0.4, 0.5) is 5.82 Å². The van der Waals surface area contributed by atoms with Gasteiger partial charge in [0.25, 0.3) is 0 Å². The zero-order chi connectivity index (χ0) is 14.4. The first-order valence-electron chi connectivity index (χ1n) is 7.51. The van der Waals surface area contributed by atoms with Crippen LogP contribution < -0.4 is 10.2 Å². The molecule has 1 aliphatic heterocycles. The molecule has 0 spiro atoms. The molecule has 0 aliphatic carbocycles. The fraction of sp³-hybridized carbons (Fsp3) is 0.733. The number of rotatable bonds is 7.